The molecule has 1 aromatic carbocycles. The molecule has 3 aromatic rings. The number of rotatable bonds is 8. The zero-order valence-electron chi connectivity index (χ0n) is 14.9. The Bertz CT molecular complexity index is 975. The van der Waals surface area contributed by atoms with E-state index < -0.39 is 8.03 Å². The van der Waals surface area contributed by atoms with Crippen molar-refractivity contribution in [3.05, 3.63) is 35.4 Å². The van der Waals surface area contributed by atoms with Crippen LogP contribution in [0.25, 0.3) is 11.2 Å². The van der Waals surface area contributed by atoms with Crippen molar-refractivity contribution in [3.8, 4) is 12.0 Å². The van der Waals surface area contributed by atoms with Crippen LogP contribution >= 0.6 is 8.03 Å². The first-order valence-corrected chi connectivity index (χ1v) is 10.2. The van der Waals surface area contributed by atoms with E-state index in [2.05, 4.69) is 21.9 Å². The molecule has 0 radical (unpaired) electrons. The molecule has 0 aliphatic heterocycles. The van der Waals surface area contributed by atoms with Crippen LogP contribution in [0.15, 0.2) is 24.3 Å². The standard InChI is InChI=1S/C17H22N5O4P/c1-2-3-7-26-16-20-14(18)13-15(21-16)22(17(23)19-13)9-11-5-4-6-12(8-11)10-27(24)25/h4-6,8,27H,2-3,7,9-10H2,1H3,(H,19,23)(H,24,25)(H2,18,20,21). The second kappa shape index (κ2) is 8.37. The Hall–Kier alpha value is -2.64. The summed E-state index contributed by atoms with van der Waals surface area (Å²) in [7, 11) is -2.60. The number of benzene rings is 1. The lowest BCUT2D eigenvalue weighted by Crippen LogP contribution is -2.06. The van der Waals surface area contributed by atoms with E-state index in [1.54, 1.807) is 12.1 Å². The summed E-state index contributed by atoms with van der Waals surface area (Å²) in [6, 6.07) is 7.15. The molecule has 10 heteroatoms. The molecule has 0 saturated carbocycles. The van der Waals surface area contributed by atoms with Gasteiger partial charge in [-0.25, -0.2) is 0 Å². The molecule has 0 aliphatic rings. The molecule has 3 rings (SSSR count). The summed E-state index contributed by atoms with van der Waals surface area (Å²) >= 11 is 0. The highest BCUT2D eigenvalue weighted by atomic mass is 31.1. The van der Waals surface area contributed by atoms with Crippen LogP contribution in [0.4, 0.5) is 5.82 Å². The molecule has 0 fully saturated rings. The predicted molar refractivity (Wildman–Crippen MR) is 102 cm³/mol. The van der Waals surface area contributed by atoms with Gasteiger partial charge in [0.05, 0.1) is 13.2 Å². The Labute approximate surface area is 156 Å². The van der Waals surface area contributed by atoms with E-state index >= 15 is 0 Å². The van der Waals surface area contributed by atoms with Crippen LogP contribution in [0.3, 0.4) is 0 Å². The molecule has 1 atom stereocenters. The molecule has 0 saturated heterocycles. The maximum Gasteiger partial charge on any atom is 0.320 e. The van der Waals surface area contributed by atoms with E-state index in [1.165, 1.54) is 4.57 Å². The molecular formula is C17H22N5O4P. The topological polar surface area (TPSA) is 136 Å². The number of ether oxygens (including phenoxy) is 1. The van der Waals surface area contributed by atoms with Gasteiger partial charge in [0.25, 0.3) is 6.01 Å². The maximum atomic E-state index is 11.1. The Morgan fingerprint density at radius 1 is 1.26 bits per heavy atom. The van der Waals surface area contributed by atoms with Gasteiger partial charge in [-0.15, -0.1) is 0 Å². The minimum Gasteiger partial charge on any atom is -0.480 e. The van der Waals surface area contributed by atoms with E-state index in [0.29, 0.717) is 17.8 Å². The number of aromatic nitrogens is 4. The van der Waals surface area contributed by atoms with Crippen LogP contribution in [-0.2, 0) is 17.3 Å². The molecule has 9 nitrogen and oxygen atoms in total. The van der Waals surface area contributed by atoms with E-state index in [0.717, 1.165) is 24.0 Å². The van der Waals surface area contributed by atoms with E-state index in [1.807, 2.05) is 12.1 Å². The van der Waals surface area contributed by atoms with Crippen molar-refractivity contribution >= 4 is 25.0 Å². The van der Waals surface area contributed by atoms with Crippen LogP contribution in [0.1, 0.15) is 30.9 Å². The summed E-state index contributed by atoms with van der Waals surface area (Å²) in [4.78, 5) is 21.6. The minimum absolute atomic E-state index is 0.111. The van der Waals surface area contributed by atoms with Gasteiger partial charge < -0.3 is 20.5 Å². The number of hydrogen-bond acceptors (Lipinski definition) is 7. The summed E-state index contributed by atoms with van der Waals surface area (Å²) in [6.07, 6.45) is 1.96. The fourth-order valence-corrected chi connectivity index (χ4v) is 3.27. The number of anilines is 1. The first-order chi connectivity index (χ1) is 13.0. The highest BCUT2D eigenvalue weighted by molar-refractivity contribution is 7.37. The first-order valence-electron chi connectivity index (χ1n) is 8.63. The molecule has 0 bridgehead atoms. The third-order valence-electron chi connectivity index (χ3n) is 4.00. The van der Waals surface area contributed by atoms with Crippen molar-refractivity contribution < 1.29 is 19.3 Å². The zero-order valence-corrected chi connectivity index (χ0v) is 15.9. The van der Waals surface area contributed by atoms with Crippen molar-refractivity contribution in [1.82, 2.24) is 19.5 Å². The second-order valence-corrected chi connectivity index (χ2v) is 7.30. The zero-order chi connectivity index (χ0) is 19.4. The Morgan fingerprint density at radius 2 is 2.04 bits per heavy atom. The largest absolute Gasteiger partial charge is 0.480 e. The quantitative estimate of drug-likeness (QED) is 0.393. The second-order valence-electron chi connectivity index (χ2n) is 6.15. The van der Waals surface area contributed by atoms with Gasteiger partial charge in [-0.05, 0) is 17.5 Å². The Balaban J connectivity index is 1.94. The number of nitrogen functional groups attached to an aromatic ring is 1. The predicted octanol–water partition coefficient (Wildman–Crippen LogP) is 2.31. The normalized spacial score (nSPS) is 12.4. The molecule has 4 N–H and O–H groups in total. The number of nitrogens with zero attached hydrogens (tertiary/aromatic N) is 4. The van der Waals surface area contributed by atoms with Gasteiger partial charge in [0.2, 0.25) is 0 Å². The summed E-state index contributed by atoms with van der Waals surface area (Å²) in [5.41, 5.74) is 8.18. The van der Waals surface area contributed by atoms with Crippen LogP contribution in [0.2, 0.25) is 0 Å². The summed E-state index contributed by atoms with van der Waals surface area (Å²) in [5.74, 6) is 0.133. The number of fused-ring (bicyclic) bond motifs is 1. The minimum atomic E-state index is -2.60. The molecule has 2 heterocycles. The smallest absolute Gasteiger partial charge is 0.320 e. The first kappa shape index (κ1) is 19.1. The van der Waals surface area contributed by atoms with Crippen LogP contribution < -0.4 is 10.5 Å². The molecular weight excluding hydrogens is 369 g/mol. The number of hydrogen-bond donors (Lipinski definition) is 3. The van der Waals surface area contributed by atoms with Crippen molar-refractivity contribution in [3.63, 3.8) is 0 Å². The van der Waals surface area contributed by atoms with Crippen molar-refractivity contribution in [2.45, 2.75) is 32.5 Å². The van der Waals surface area contributed by atoms with Crippen molar-refractivity contribution in [2.75, 3.05) is 12.3 Å². The lowest BCUT2D eigenvalue weighted by atomic mass is 10.1. The fourth-order valence-electron chi connectivity index (χ4n) is 2.70. The molecule has 1 unspecified atom stereocenters. The summed E-state index contributed by atoms with van der Waals surface area (Å²) in [6.45, 7) is 2.80. The highest BCUT2D eigenvalue weighted by Gasteiger charge is 2.17. The maximum absolute atomic E-state index is 11.1. The summed E-state index contributed by atoms with van der Waals surface area (Å²) < 4.78 is 18.1. The van der Waals surface area contributed by atoms with Crippen LogP contribution in [-0.4, -0.2) is 36.1 Å². The van der Waals surface area contributed by atoms with Gasteiger partial charge in [0.1, 0.15) is 0 Å². The SMILES string of the molecule is CCCCOc1nc(N)c2nc(O)n(Cc3cccc(C[PH](=O)O)c3)c2n1. The molecule has 27 heavy (non-hydrogen) atoms. The monoisotopic (exact) mass is 391 g/mol. The third kappa shape index (κ3) is 4.56. The van der Waals surface area contributed by atoms with Crippen LogP contribution in [0.5, 0.6) is 12.0 Å². The van der Waals surface area contributed by atoms with Gasteiger partial charge in [-0.1, -0.05) is 37.6 Å². The van der Waals surface area contributed by atoms with Gasteiger partial charge in [-0.3, -0.25) is 9.13 Å². The van der Waals surface area contributed by atoms with E-state index in [-0.39, 0.29) is 30.5 Å². The van der Waals surface area contributed by atoms with Gasteiger partial charge in [-0.2, -0.15) is 15.0 Å². The van der Waals surface area contributed by atoms with Crippen LogP contribution in [0, 0.1) is 0 Å². The fraction of sp³-hybridized carbons (Fsp3) is 0.353. The third-order valence-corrected chi connectivity index (χ3v) is 4.71. The molecule has 0 aliphatic carbocycles. The number of unbranched alkanes of at least 4 members (excludes halogenated alkanes) is 1. The molecule has 0 spiro atoms. The van der Waals surface area contributed by atoms with Gasteiger partial charge >= 0.3 is 6.01 Å². The Kier molecular flexibility index (Phi) is 5.93. The van der Waals surface area contributed by atoms with Crippen molar-refractivity contribution in [2.24, 2.45) is 0 Å². The molecule has 0 amide bonds. The molecule has 144 valence electrons. The average molecular weight is 391 g/mol. The Morgan fingerprint density at radius 3 is 2.78 bits per heavy atom. The van der Waals surface area contributed by atoms with E-state index in [9.17, 15) is 9.67 Å². The summed E-state index contributed by atoms with van der Waals surface area (Å²) in [5, 5.41) is 10.2. The number of aromatic hydroxyl groups is 1. The number of imidazole rings is 1. The van der Waals surface area contributed by atoms with Gasteiger partial charge in [0, 0.05) is 6.16 Å². The highest BCUT2D eigenvalue weighted by Crippen LogP contribution is 2.27. The average Bonchev–Trinajstić information content (AvgIpc) is 2.92. The van der Waals surface area contributed by atoms with Crippen molar-refractivity contribution in [1.29, 1.82) is 0 Å². The lowest BCUT2D eigenvalue weighted by Gasteiger charge is -2.08. The van der Waals surface area contributed by atoms with Gasteiger partial charge in [0.15, 0.2) is 25.0 Å². The number of nitrogens with two attached hydrogens (primary N) is 1. The lowest BCUT2D eigenvalue weighted by molar-refractivity contribution is 0.286. The van der Waals surface area contributed by atoms with E-state index in [4.69, 9.17) is 15.4 Å². The molecule has 2 aromatic heterocycles.